The Bertz CT molecular complexity index is 845. The van der Waals surface area contributed by atoms with Crippen LogP contribution >= 0.6 is 0 Å². The molecule has 2 heterocycles. The second-order valence-electron chi connectivity index (χ2n) is 6.98. The summed E-state index contributed by atoms with van der Waals surface area (Å²) < 4.78 is 38.1. The lowest BCUT2D eigenvalue weighted by Gasteiger charge is -2.41. The number of rotatable bonds is 3. The number of aromatic nitrogens is 3. The zero-order valence-corrected chi connectivity index (χ0v) is 14.5. The summed E-state index contributed by atoms with van der Waals surface area (Å²) in [6, 6.07) is 0.710. The predicted molar refractivity (Wildman–Crippen MR) is 88.7 cm³/mol. The largest absolute Gasteiger partial charge is 0.506 e. The van der Waals surface area contributed by atoms with Gasteiger partial charge in [-0.1, -0.05) is 0 Å². The van der Waals surface area contributed by atoms with E-state index >= 15 is 0 Å². The average Bonchev–Trinajstić information content (AvgIpc) is 2.50. The SMILES string of the molecule is Cc1c(NC2CC(C)(O)C2)nnc(-c2ncc(C(F)(F)F)cc2O)c1C. The smallest absolute Gasteiger partial charge is 0.418 e. The van der Waals surface area contributed by atoms with E-state index < -0.39 is 23.1 Å². The molecular weight excluding hydrogens is 349 g/mol. The molecule has 1 aliphatic carbocycles. The van der Waals surface area contributed by atoms with Crippen molar-refractivity contribution in [1.82, 2.24) is 15.2 Å². The molecule has 2 aromatic heterocycles. The monoisotopic (exact) mass is 368 g/mol. The maximum Gasteiger partial charge on any atom is 0.418 e. The van der Waals surface area contributed by atoms with Gasteiger partial charge in [0.05, 0.1) is 11.2 Å². The van der Waals surface area contributed by atoms with Crippen LogP contribution in [0.4, 0.5) is 19.0 Å². The summed E-state index contributed by atoms with van der Waals surface area (Å²) in [5, 5.41) is 31.1. The lowest BCUT2D eigenvalue weighted by atomic mass is 9.77. The van der Waals surface area contributed by atoms with Crippen LogP contribution in [-0.4, -0.2) is 37.0 Å². The van der Waals surface area contributed by atoms with Gasteiger partial charge >= 0.3 is 6.18 Å². The zero-order chi connectivity index (χ0) is 19.3. The van der Waals surface area contributed by atoms with E-state index in [2.05, 4.69) is 20.5 Å². The van der Waals surface area contributed by atoms with Crippen LogP contribution in [0.3, 0.4) is 0 Å². The quantitative estimate of drug-likeness (QED) is 0.771. The third-order valence-corrected chi connectivity index (χ3v) is 4.66. The maximum absolute atomic E-state index is 12.7. The van der Waals surface area contributed by atoms with Gasteiger partial charge < -0.3 is 15.5 Å². The molecule has 0 radical (unpaired) electrons. The zero-order valence-electron chi connectivity index (χ0n) is 14.5. The van der Waals surface area contributed by atoms with Crippen LogP contribution in [0.5, 0.6) is 5.75 Å². The molecule has 140 valence electrons. The normalized spacial score (nSPS) is 22.8. The second-order valence-corrected chi connectivity index (χ2v) is 6.98. The van der Waals surface area contributed by atoms with Crippen molar-refractivity contribution >= 4 is 5.82 Å². The highest BCUT2D eigenvalue weighted by Gasteiger charge is 2.38. The molecule has 0 spiro atoms. The number of hydrogen-bond donors (Lipinski definition) is 3. The van der Waals surface area contributed by atoms with Gasteiger partial charge in [0.2, 0.25) is 0 Å². The Morgan fingerprint density at radius 3 is 2.35 bits per heavy atom. The van der Waals surface area contributed by atoms with Crippen LogP contribution in [0.2, 0.25) is 0 Å². The molecule has 0 bridgehead atoms. The lowest BCUT2D eigenvalue weighted by Crippen LogP contribution is -2.48. The molecule has 2 aromatic rings. The van der Waals surface area contributed by atoms with Crippen molar-refractivity contribution in [1.29, 1.82) is 0 Å². The highest BCUT2D eigenvalue weighted by atomic mass is 19.4. The molecule has 9 heteroatoms. The summed E-state index contributed by atoms with van der Waals surface area (Å²) in [5.41, 5.74) is -0.136. The van der Waals surface area contributed by atoms with Crippen molar-refractivity contribution in [3.8, 4) is 17.1 Å². The third kappa shape index (κ3) is 3.44. The Morgan fingerprint density at radius 1 is 1.15 bits per heavy atom. The van der Waals surface area contributed by atoms with Gasteiger partial charge in [-0.25, -0.2) is 4.98 Å². The van der Waals surface area contributed by atoms with E-state index in [1.165, 1.54) is 0 Å². The van der Waals surface area contributed by atoms with Gasteiger partial charge in [0.15, 0.2) is 5.82 Å². The summed E-state index contributed by atoms with van der Waals surface area (Å²) in [6.07, 6.45) is -2.74. The summed E-state index contributed by atoms with van der Waals surface area (Å²) >= 11 is 0. The van der Waals surface area contributed by atoms with Crippen LogP contribution in [0.1, 0.15) is 36.5 Å². The first kappa shape index (κ1) is 18.4. The van der Waals surface area contributed by atoms with E-state index in [4.69, 9.17) is 0 Å². The van der Waals surface area contributed by atoms with E-state index in [9.17, 15) is 23.4 Å². The molecule has 0 aliphatic heterocycles. The molecule has 3 N–H and O–H groups in total. The predicted octanol–water partition coefficient (Wildman–Crippen LogP) is 3.21. The van der Waals surface area contributed by atoms with Gasteiger partial charge in [-0.05, 0) is 50.8 Å². The van der Waals surface area contributed by atoms with Crippen molar-refractivity contribution in [2.75, 3.05) is 5.32 Å². The molecule has 0 amide bonds. The number of nitrogens with one attached hydrogen (secondary N) is 1. The first-order valence-electron chi connectivity index (χ1n) is 8.07. The van der Waals surface area contributed by atoms with Crippen LogP contribution in [0, 0.1) is 13.8 Å². The van der Waals surface area contributed by atoms with Crippen LogP contribution in [0.25, 0.3) is 11.4 Å². The van der Waals surface area contributed by atoms with E-state index in [0.717, 1.165) is 5.56 Å². The first-order valence-corrected chi connectivity index (χ1v) is 8.07. The Balaban J connectivity index is 1.89. The summed E-state index contributed by atoms with van der Waals surface area (Å²) in [6.45, 7) is 5.30. The molecule has 3 rings (SSSR count). The van der Waals surface area contributed by atoms with Crippen LogP contribution in [0.15, 0.2) is 12.3 Å². The van der Waals surface area contributed by atoms with Gasteiger partial charge in [-0.2, -0.15) is 13.2 Å². The Kier molecular flexibility index (Phi) is 4.30. The number of hydrogen-bond acceptors (Lipinski definition) is 6. The minimum atomic E-state index is -4.59. The minimum Gasteiger partial charge on any atom is -0.506 e. The molecule has 0 unspecified atom stereocenters. The number of aliphatic hydroxyl groups is 1. The third-order valence-electron chi connectivity index (χ3n) is 4.66. The fourth-order valence-electron chi connectivity index (χ4n) is 3.06. The highest BCUT2D eigenvalue weighted by molar-refractivity contribution is 5.68. The van der Waals surface area contributed by atoms with E-state index in [-0.39, 0.29) is 17.4 Å². The fraction of sp³-hybridized carbons (Fsp3) is 0.471. The van der Waals surface area contributed by atoms with Crippen molar-refractivity contribution in [2.24, 2.45) is 0 Å². The number of alkyl halides is 3. The van der Waals surface area contributed by atoms with Crippen molar-refractivity contribution in [2.45, 2.75) is 51.4 Å². The number of halogens is 3. The molecule has 26 heavy (non-hydrogen) atoms. The Labute approximate surface area is 148 Å². The molecule has 1 fully saturated rings. The molecule has 6 nitrogen and oxygen atoms in total. The van der Waals surface area contributed by atoms with Gasteiger partial charge in [0, 0.05) is 12.2 Å². The molecule has 1 saturated carbocycles. The molecule has 1 aliphatic rings. The topological polar surface area (TPSA) is 91.2 Å². The highest BCUT2D eigenvalue weighted by Crippen LogP contribution is 2.37. The summed E-state index contributed by atoms with van der Waals surface area (Å²) in [5.74, 6) is -0.0643. The first-order chi connectivity index (χ1) is 12.0. The van der Waals surface area contributed by atoms with Gasteiger partial charge in [-0.15, -0.1) is 10.2 Å². The van der Waals surface area contributed by atoms with Crippen molar-refractivity contribution < 1.29 is 23.4 Å². The molecule has 0 saturated heterocycles. The number of anilines is 1. The second kappa shape index (κ2) is 6.08. The van der Waals surface area contributed by atoms with Gasteiger partial charge in [0.1, 0.15) is 17.1 Å². The van der Waals surface area contributed by atoms with E-state index in [1.54, 1.807) is 20.8 Å². The van der Waals surface area contributed by atoms with E-state index in [0.29, 0.717) is 36.5 Å². The summed E-state index contributed by atoms with van der Waals surface area (Å²) in [7, 11) is 0. The number of pyridine rings is 1. The van der Waals surface area contributed by atoms with E-state index in [1.807, 2.05) is 0 Å². The van der Waals surface area contributed by atoms with Crippen LogP contribution < -0.4 is 5.32 Å². The minimum absolute atomic E-state index is 0.0516. The Morgan fingerprint density at radius 2 is 1.81 bits per heavy atom. The van der Waals surface area contributed by atoms with Crippen molar-refractivity contribution in [3.05, 3.63) is 29.0 Å². The summed E-state index contributed by atoms with van der Waals surface area (Å²) in [4.78, 5) is 3.73. The molecular formula is C17H19F3N4O2. The van der Waals surface area contributed by atoms with Gasteiger partial charge in [-0.3, -0.25) is 0 Å². The fourth-order valence-corrected chi connectivity index (χ4v) is 3.06. The van der Waals surface area contributed by atoms with Crippen LogP contribution in [-0.2, 0) is 6.18 Å². The number of nitrogens with zero attached hydrogens (tertiary/aromatic N) is 3. The van der Waals surface area contributed by atoms with Gasteiger partial charge in [0.25, 0.3) is 0 Å². The Hall–Kier alpha value is -2.42. The number of aromatic hydroxyl groups is 1. The standard InChI is InChI=1S/C17H19F3N4O2/c1-8-9(2)15(22-11-5-16(3,26)6-11)24-23-13(8)14-12(25)4-10(7-21-14)17(18,19)20/h4,7,11,25-26H,5-6H2,1-3H3,(H,22,24). The molecule has 0 aromatic carbocycles. The molecule has 0 atom stereocenters. The average molecular weight is 368 g/mol. The maximum atomic E-state index is 12.7. The lowest BCUT2D eigenvalue weighted by molar-refractivity contribution is -0.137. The van der Waals surface area contributed by atoms with Crippen molar-refractivity contribution in [3.63, 3.8) is 0 Å².